The summed E-state index contributed by atoms with van der Waals surface area (Å²) in [7, 11) is 5.23. The van der Waals surface area contributed by atoms with Crippen LogP contribution in [0.5, 0.6) is 0 Å². The lowest BCUT2D eigenvalue weighted by molar-refractivity contribution is -0.136. The molecule has 4 nitrogen and oxygen atoms in total. The average Bonchev–Trinajstić information content (AvgIpc) is 2.90. The molecule has 1 aromatic carbocycles. The fourth-order valence-electron chi connectivity index (χ4n) is 2.66. The van der Waals surface area contributed by atoms with Crippen molar-refractivity contribution in [1.29, 1.82) is 0 Å². The molecule has 0 aliphatic carbocycles. The molecule has 0 unspecified atom stereocenters. The highest BCUT2D eigenvalue weighted by atomic mass is 19.4. The van der Waals surface area contributed by atoms with Crippen molar-refractivity contribution < 1.29 is 13.2 Å². The maximum Gasteiger partial charge on any atom is 0.417 e. The molecule has 0 bridgehead atoms. The van der Waals surface area contributed by atoms with Crippen molar-refractivity contribution in [3.63, 3.8) is 0 Å². The zero-order valence-corrected chi connectivity index (χ0v) is 12.9. The molecule has 2 heterocycles. The van der Waals surface area contributed by atoms with E-state index < -0.39 is 11.7 Å². The number of benzene rings is 1. The van der Waals surface area contributed by atoms with Crippen LogP contribution in [0.15, 0.2) is 36.8 Å². The van der Waals surface area contributed by atoms with Gasteiger partial charge in [-0.2, -0.15) is 18.3 Å². The first-order valence-corrected chi connectivity index (χ1v) is 6.94. The Morgan fingerprint density at radius 3 is 2.43 bits per heavy atom. The molecule has 0 radical (unpaired) electrons. The topological polar surface area (TPSA) is 34.0 Å². The molecule has 0 saturated carbocycles. The molecule has 0 atom stereocenters. The molecule has 3 rings (SSSR count). The lowest BCUT2D eigenvalue weighted by Gasteiger charge is -2.19. The van der Waals surface area contributed by atoms with Gasteiger partial charge in [-0.15, -0.1) is 0 Å². The summed E-state index contributed by atoms with van der Waals surface area (Å²) in [6.07, 6.45) is 0.253. The Labute approximate surface area is 131 Å². The number of aryl methyl sites for hydroxylation is 1. The van der Waals surface area contributed by atoms with E-state index in [0.717, 1.165) is 6.07 Å². The summed E-state index contributed by atoms with van der Waals surface area (Å²) in [6, 6.07) is 4.17. The molecule has 0 spiro atoms. The maximum absolute atomic E-state index is 13.5. The molecular formula is C16H15F3N4. The van der Waals surface area contributed by atoms with Crippen LogP contribution in [0.1, 0.15) is 5.56 Å². The number of nitrogens with zero attached hydrogens (tertiary/aromatic N) is 4. The van der Waals surface area contributed by atoms with Gasteiger partial charge in [-0.1, -0.05) is 12.1 Å². The van der Waals surface area contributed by atoms with E-state index in [1.54, 1.807) is 49.2 Å². The van der Waals surface area contributed by atoms with Crippen LogP contribution in [-0.2, 0) is 13.2 Å². The van der Waals surface area contributed by atoms with Gasteiger partial charge in [0.25, 0.3) is 0 Å². The second kappa shape index (κ2) is 5.26. The van der Waals surface area contributed by atoms with E-state index >= 15 is 0 Å². The summed E-state index contributed by atoms with van der Waals surface area (Å²) in [5, 5.41) is 4.66. The minimum absolute atomic E-state index is 0.145. The molecule has 0 fully saturated rings. The molecule has 2 aromatic heterocycles. The third-order valence-corrected chi connectivity index (χ3v) is 3.64. The first-order chi connectivity index (χ1) is 10.8. The fourth-order valence-corrected chi connectivity index (χ4v) is 2.66. The van der Waals surface area contributed by atoms with E-state index in [2.05, 4.69) is 10.1 Å². The summed E-state index contributed by atoms with van der Waals surface area (Å²) in [6.45, 7) is 0. The van der Waals surface area contributed by atoms with Crippen molar-refractivity contribution in [2.75, 3.05) is 19.0 Å². The van der Waals surface area contributed by atoms with E-state index in [4.69, 9.17) is 0 Å². The summed E-state index contributed by atoms with van der Waals surface area (Å²) >= 11 is 0. The molecule has 0 N–H and O–H groups in total. The monoisotopic (exact) mass is 320 g/mol. The van der Waals surface area contributed by atoms with Gasteiger partial charge in [-0.05, 0) is 6.07 Å². The standard InChI is InChI=1S/C16H15F3N4/c1-22(2)15-11-5-4-6-13(16(17,18)19)14(11)12(8-20-15)10-7-21-23(3)9-10/h4-9H,1-3H3. The smallest absolute Gasteiger partial charge is 0.362 e. The summed E-state index contributed by atoms with van der Waals surface area (Å²) < 4.78 is 42.0. The van der Waals surface area contributed by atoms with Gasteiger partial charge in [0.05, 0.1) is 11.8 Å². The summed E-state index contributed by atoms with van der Waals surface area (Å²) in [4.78, 5) is 6.04. The Morgan fingerprint density at radius 2 is 1.87 bits per heavy atom. The zero-order chi connectivity index (χ0) is 16.8. The summed E-state index contributed by atoms with van der Waals surface area (Å²) in [5.41, 5.74) is 0.359. The van der Waals surface area contributed by atoms with Gasteiger partial charge in [-0.25, -0.2) is 4.98 Å². The Morgan fingerprint density at radius 1 is 1.13 bits per heavy atom. The normalized spacial score (nSPS) is 11.9. The molecule has 0 aliphatic rings. The van der Waals surface area contributed by atoms with Gasteiger partial charge in [0.1, 0.15) is 5.82 Å². The quantitative estimate of drug-likeness (QED) is 0.722. The first-order valence-electron chi connectivity index (χ1n) is 6.94. The van der Waals surface area contributed by atoms with E-state index in [9.17, 15) is 13.2 Å². The van der Waals surface area contributed by atoms with Crippen LogP contribution < -0.4 is 4.90 Å². The minimum atomic E-state index is -4.44. The lowest BCUT2D eigenvalue weighted by Crippen LogP contribution is -2.13. The van der Waals surface area contributed by atoms with Gasteiger partial charge in [0, 0.05) is 55.4 Å². The van der Waals surface area contributed by atoms with Crippen molar-refractivity contribution in [3.05, 3.63) is 42.4 Å². The second-order valence-electron chi connectivity index (χ2n) is 5.52. The molecule has 0 amide bonds. The predicted octanol–water partition coefficient (Wildman–Crippen LogP) is 3.72. The van der Waals surface area contributed by atoms with Crippen LogP contribution in [0.3, 0.4) is 0 Å². The number of rotatable bonds is 2. The Kier molecular flexibility index (Phi) is 3.50. The van der Waals surface area contributed by atoms with Gasteiger partial charge in [-0.3, -0.25) is 4.68 Å². The largest absolute Gasteiger partial charge is 0.417 e. The fraction of sp³-hybridized carbons (Fsp3) is 0.250. The van der Waals surface area contributed by atoms with Crippen molar-refractivity contribution in [2.45, 2.75) is 6.18 Å². The minimum Gasteiger partial charge on any atom is -0.362 e. The molecule has 3 aromatic rings. The number of anilines is 1. The third kappa shape index (κ3) is 2.62. The number of hydrogen-bond acceptors (Lipinski definition) is 3. The number of aromatic nitrogens is 3. The molecular weight excluding hydrogens is 305 g/mol. The van der Waals surface area contributed by atoms with Crippen LogP contribution in [0.2, 0.25) is 0 Å². The zero-order valence-electron chi connectivity index (χ0n) is 12.9. The highest BCUT2D eigenvalue weighted by Gasteiger charge is 2.34. The van der Waals surface area contributed by atoms with Crippen LogP contribution in [0.25, 0.3) is 21.9 Å². The van der Waals surface area contributed by atoms with Crippen molar-refractivity contribution in [1.82, 2.24) is 14.8 Å². The number of fused-ring (bicyclic) bond motifs is 1. The Bertz CT molecular complexity index is 865. The van der Waals surface area contributed by atoms with E-state index in [1.807, 2.05) is 0 Å². The van der Waals surface area contributed by atoms with E-state index in [1.165, 1.54) is 12.3 Å². The second-order valence-corrected chi connectivity index (χ2v) is 5.52. The van der Waals surface area contributed by atoms with E-state index in [-0.39, 0.29) is 5.39 Å². The average molecular weight is 320 g/mol. The molecule has 120 valence electrons. The number of halogens is 3. The van der Waals surface area contributed by atoms with Crippen LogP contribution in [0.4, 0.5) is 19.0 Å². The Hall–Kier alpha value is -2.57. The predicted molar refractivity (Wildman–Crippen MR) is 83.3 cm³/mol. The van der Waals surface area contributed by atoms with Crippen molar-refractivity contribution in [3.8, 4) is 11.1 Å². The van der Waals surface area contributed by atoms with Crippen LogP contribution in [-0.4, -0.2) is 28.9 Å². The number of hydrogen-bond donors (Lipinski definition) is 0. The molecule has 0 saturated heterocycles. The first kappa shape index (κ1) is 15.3. The third-order valence-electron chi connectivity index (χ3n) is 3.64. The van der Waals surface area contributed by atoms with Crippen molar-refractivity contribution >= 4 is 16.6 Å². The van der Waals surface area contributed by atoms with Gasteiger partial charge in [0.15, 0.2) is 0 Å². The number of alkyl halides is 3. The van der Waals surface area contributed by atoms with Crippen LogP contribution >= 0.6 is 0 Å². The van der Waals surface area contributed by atoms with Crippen molar-refractivity contribution in [2.24, 2.45) is 7.05 Å². The van der Waals surface area contributed by atoms with Crippen LogP contribution in [0, 0.1) is 0 Å². The summed E-state index contributed by atoms with van der Waals surface area (Å²) in [5.74, 6) is 0.499. The Balaban J connectivity index is 2.44. The van der Waals surface area contributed by atoms with Gasteiger partial charge < -0.3 is 4.90 Å². The SMILES string of the molecule is CN(C)c1ncc(-c2cnn(C)c2)c2c(C(F)(F)F)cccc12. The molecule has 0 aliphatic heterocycles. The maximum atomic E-state index is 13.5. The number of pyridine rings is 1. The molecule has 7 heteroatoms. The lowest BCUT2D eigenvalue weighted by atomic mass is 9.97. The van der Waals surface area contributed by atoms with Gasteiger partial charge >= 0.3 is 6.18 Å². The highest BCUT2D eigenvalue weighted by molar-refractivity contribution is 6.04. The molecule has 23 heavy (non-hydrogen) atoms. The highest BCUT2D eigenvalue weighted by Crippen LogP contribution is 2.41. The van der Waals surface area contributed by atoms with Gasteiger partial charge in [0.2, 0.25) is 0 Å². The van der Waals surface area contributed by atoms with E-state index in [0.29, 0.717) is 22.3 Å².